The number of rotatable bonds is 7. The van der Waals surface area contributed by atoms with Gasteiger partial charge in [0, 0.05) is 25.6 Å². The molecule has 0 saturated carbocycles. The Morgan fingerprint density at radius 2 is 1.96 bits per heavy atom. The summed E-state index contributed by atoms with van der Waals surface area (Å²) in [5.74, 6) is 5.83. The number of nitrogens with zero attached hydrogens (tertiary/aromatic N) is 3. The third-order valence-corrected chi connectivity index (χ3v) is 2.08. The van der Waals surface area contributed by atoms with Crippen LogP contribution in [0.4, 0.5) is 11.4 Å². The molecule has 0 fully saturated rings. The molecule has 0 unspecified atom stereocenters. The summed E-state index contributed by atoms with van der Waals surface area (Å²) in [7, 11) is 1.53. The third kappa shape index (κ3) is 9.59. The maximum absolute atomic E-state index is 10.7. The maximum atomic E-state index is 10.7. The number of nitro groups is 1. The second kappa shape index (κ2) is 15.5. The van der Waals surface area contributed by atoms with Crippen molar-refractivity contribution in [2.24, 2.45) is 11.6 Å². The van der Waals surface area contributed by atoms with Gasteiger partial charge in [-0.3, -0.25) is 15.1 Å². The Labute approximate surface area is 143 Å². The van der Waals surface area contributed by atoms with Gasteiger partial charge in [0.25, 0.3) is 5.69 Å². The van der Waals surface area contributed by atoms with Crippen LogP contribution in [0.3, 0.4) is 0 Å². The molecule has 24 heavy (non-hydrogen) atoms. The van der Waals surface area contributed by atoms with Crippen molar-refractivity contribution in [1.29, 1.82) is 0 Å². The smallest absolute Gasteiger partial charge is 0.289 e. The number of anilines is 1. The number of hydrogen-bond donors (Lipinski definition) is 2. The van der Waals surface area contributed by atoms with Gasteiger partial charge in [0.15, 0.2) is 0 Å². The Bertz CT molecular complexity index is 483. The second-order valence-electron chi connectivity index (χ2n) is 4.07. The van der Waals surface area contributed by atoms with Crippen molar-refractivity contribution in [3.63, 3.8) is 0 Å². The van der Waals surface area contributed by atoms with Crippen molar-refractivity contribution >= 4 is 11.4 Å². The average Bonchev–Trinajstić information content (AvgIpc) is 2.58. The zero-order valence-corrected chi connectivity index (χ0v) is 15.1. The molecule has 0 aromatic carbocycles. The van der Waals surface area contributed by atoms with Gasteiger partial charge in [-0.2, -0.15) is 0 Å². The third-order valence-electron chi connectivity index (χ3n) is 2.08. The van der Waals surface area contributed by atoms with E-state index in [-0.39, 0.29) is 23.9 Å². The van der Waals surface area contributed by atoms with Crippen LogP contribution in [-0.2, 0) is 4.74 Å². The van der Waals surface area contributed by atoms with Crippen LogP contribution < -0.4 is 21.3 Å². The predicted octanol–water partition coefficient (Wildman–Crippen LogP) is 2.57. The average molecular weight is 343 g/mol. The monoisotopic (exact) mass is 343 g/mol. The number of hydrazine groups is 1. The number of methoxy groups -OCH3 is 1. The number of nitrogens with two attached hydrogens (primary N) is 2. The van der Waals surface area contributed by atoms with Gasteiger partial charge in [0.05, 0.1) is 11.5 Å². The zero-order chi connectivity index (χ0) is 19.0. The van der Waals surface area contributed by atoms with E-state index in [1.807, 2.05) is 13.8 Å². The molecular weight excluding hydrogens is 314 g/mol. The van der Waals surface area contributed by atoms with Crippen molar-refractivity contribution in [2.45, 2.75) is 34.1 Å². The Morgan fingerprint density at radius 1 is 1.38 bits per heavy atom. The minimum atomic E-state index is -0.574. The molecule has 0 radical (unpaired) electrons. The lowest BCUT2D eigenvalue weighted by atomic mass is 10.3. The fourth-order valence-corrected chi connectivity index (χ4v) is 1.22. The van der Waals surface area contributed by atoms with Gasteiger partial charge in [0.1, 0.15) is 18.5 Å². The lowest BCUT2D eigenvalue weighted by molar-refractivity contribution is -0.385. The van der Waals surface area contributed by atoms with Crippen molar-refractivity contribution < 1.29 is 14.4 Å². The van der Waals surface area contributed by atoms with Crippen LogP contribution in [0.25, 0.3) is 0 Å². The van der Waals surface area contributed by atoms with Crippen LogP contribution in [0, 0.1) is 10.1 Å². The first-order valence-corrected chi connectivity index (χ1v) is 7.70. The van der Waals surface area contributed by atoms with Crippen LogP contribution >= 0.6 is 0 Å². The van der Waals surface area contributed by atoms with Crippen molar-refractivity contribution in [3.8, 4) is 5.88 Å². The van der Waals surface area contributed by atoms with Crippen LogP contribution in [0.5, 0.6) is 5.88 Å². The summed E-state index contributed by atoms with van der Waals surface area (Å²) < 4.78 is 10.2. The molecule has 9 nitrogen and oxygen atoms in total. The van der Waals surface area contributed by atoms with Crippen LogP contribution in [0.2, 0.25) is 0 Å². The van der Waals surface area contributed by atoms with Gasteiger partial charge in [-0.1, -0.05) is 34.1 Å². The minimum Gasteiger partial charge on any atom is -0.474 e. The van der Waals surface area contributed by atoms with E-state index < -0.39 is 4.92 Å². The quantitative estimate of drug-likeness (QED) is 0.334. The molecule has 9 heteroatoms. The lowest BCUT2D eigenvalue weighted by Crippen LogP contribution is -2.26. The highest BCUT2D eigenvalue weighted by molar-refractivity contribution is 5.60. The fraction of sp³-hybridized carbons (Fsp3) is 0.533. The number of hydrogen-bond acceptors (Lipinski definition) is 8. The molecule has 1 aromatic heterocycles. The largest absolute Gasteiger partial charge is 0.474 e. The highest BCUT2D eigenvalue weighted by atomic mass is 16.6. The summed E-state index contributed by atoms with van der Waals surface area (Å²) in [5, 5.41) is 11.8. The van der Waals surface area contributed by atoms with Crippen LogP contribution in [0.1, 0.15) is 34.1 Å². The number of ether oxygens (including phenoxy) is 2. The van der Waals surface area contributed by atoms with Gasteiger partial charge in [-0.15, -0.1) is 0 Å². The van der Waals surface area contributed by atoms with E-state index in [2.05, 4.69) is 18.8 Å². The van der Waals surface area contributed by atoms with Gasteiger partial charge in [0.2, 0.25) is 5.88 Å². The predicted molar refractivity (Wildman–Crippen MR) is 95.6 cm³/mol. The molecule has 1 rings (SSSR count). The maximum Gasteiger partial charge on any atom is 0.289 e. The SMILES string of the molecule is CC.CCC.COCCOc1ncc([N+](=O)[O-])cc1N(N)/C=C\N. The van der Waals surface area contributed by atoms with Crippen molar-refractivity contribution in [3.05, 3.63) is 34.8 Å². The first kappa shape index (κ1) is 23.9. The Kier molecular flexibility index (Phi) is 15.4. The van der Waals surface area contributed by atoms with E-state index >= 15 is 0 Å². The first-order valence-electron chi connectivity index (χ1n) is 7.70. The molecule has 0 aliphatic carbocycles. The standard InChI is InChI=1S/C10H15N5O4.C3H8.C2H6/c1-18-4-5-19-10-9(14(12)3-2-11)6-8(7-13-10)15(16)17;1-3-2;1-2/h2-3,6-7H,4-5,11-12H2,1H3;3H2,1-2H3;1-2H3/b3-2-;;. The Balaban J connectivity index is 0. The van der Waals surface area contributed by atoms with E-state index in [1.165, 1.54) is 32.0 Å². The Hall–Kier alpha value is -2.39. The highest BCUT2D eigenvalue weighted by Crippen LogP contribution is 2.28. The Morgan fingerprint density at radius 3 is 2.42 bits per heavy atom. The molecule has 0 bridgehead atoms. The highest BCUT2D eigenvalue weighted by Gasteiger charge is 2.16. The van der Waals surface area contributed by atoms with Crippen molar-refractivity contribution in [1.82, 2.24) is 4.98 Å². The molecule has 0 aliphatic heterocycles. The molecule has 0 amide bonds. The van der Waals surface area contributed by atoms with Crippen molar-refractivity contribution in [2.75, 3.05) is 25.3 Å². The van der Waals surface area contributed by atoms with Gasteiger partial charge < -0.3 is 15.2 Å². The molecule has 4 N–H and O–H groups in total. The van der Waals surface area contributed by atoms with E-state index in [9.17, 15) is 10.1 Å². The van der Waals surface area contributed by atoms with Gasteiger partial charge in [-0.05, 0) is 0 Å². The molecule has 0 aliphatic rings. The second-order valence-corrected chi connectivity index (χ2v) is 4.07. The minimum absolute atomic E-state index is 0.156. The van der Waals surface area contributed by atoms with E-state index in [0.29, 0.717) is 6.61 Å². The summed E-state index contributed by atoms with van der Waals surface area (Å²) in [6.45, 7) is 8.85. The topological polar surface area (TPSA) is 130 Å². The molecular formula is C15H29N5O4. The zero-order valence-electron chi connectivity index (χ0n) is 15.1. The molecule has 0 spiro atoms. The lowest BCUT2D eigenvalue weighted by Gasteiger charge is -2.16. The fourth-order valence-electron chi connectivity index (χ4n) is 1.22. The van der Waals surface area contributed by atoms with Gasteiger partial charge >= 0.3 is 0 Å². The molecule has 1 heterocycles. The molecule has 0 saturated heterocycles. The number of pyridine rings is 1. The number of aromatic nitrogens is 1. The van der Waals surface area contributed by atoms with Crippen LogP contribution in [0.15, 0.2) is 24.7 Å². The summed E-state index contributed by atoms with van der Waals surface area (Å²) in [4.78, 5) is 14.0. The summed E-state index contributed by atoms with van der Waals surface area (Å²) in [6.07, 6.45) is 4.85. The first-order chi connectivity index (χ1) is 11.5. The normalized spacial score (nSPS) is 9.42. The van der Waals surface area contributed by atoms with Gasteiger partial charge in [-0.25, -0.2) is 10.8 Å². The summed E-state index contributed by atoms with van der Waals surface area (Å²) in [5.41, 5.74) is 5.25. The van der Waals surface area contributed by atoms with Crippen LogP contribution in [-0.4, -0.2) is 30.2 Å². The van der Waals surface area contributed by atoms with E-state index in [0.717, 1.165) is 11.2 Å². The molecule has 0 atom stereocenters. The summed E-state index contributed by atoms with van der Waals surface area (Å²) >= 11 is 0. The molecule has 1 aromatic rings. The van der Waals surface area contributed by atoms with E-state index in [4.69, 9.17) is 21.1 Å². The van der Waals surface area contributed by atoms with E-state index in [1.54, 1.807) is 0 Å². The molecule has 138 valence electrons. The summed E-state index contributed by atoms with van der Waals surface area (Å²) in [6, 6.07) is 1.25.